The normalized spacial score (nSPS) is 22.9. The lowest BCUT2D eigenvalue weighted by Crippen LogP contribution is -2.05. The van der Waals surface area contributed by atoms with E-state index in [4.69, 9.17) is 0 Å². The summed E-state index contributed by atoms with van der Waals surface area (Å²) >= 11 is 0. The molecule has 2 rings (SSSR count). The molecule has 1 saturated carbocycles. The first kappa shape index (κ1) is 10.9. The number of hydrogen-bond donors (Lipinski definition) is 1. The van der Waals surface area contributed by atoms with E-state index in [0.717, 1.165) is 12.6 Å². The van der Waals surface area contributed by atoms with Crippen molar-refractivity contribution in [3.63, 3.8) is 0 Å². The summed E-state index contributed by atoms with van der Waals surface area (Å²) in [7, 11) is 0. The number of nitrogens with one attached hydrogen (secondary N) is 1. The van der Waals surface area contributed by atoms with Gasteiger partial charge in [-0.25, -0.2) is 4.39 Å². The molecule has 2 unspecified atom stereocenters. The van der Waals surface area contributed by atoms with Crippen LogP contribution in [0.25, 0.3) is 0 Å². The van der Waals surface area contributed by atoms with E-state index in [1.807, 2.05) is 0 Å². The van der Waals surface area contributed by atoms with Crippen LogP contribution in [0.1, 0.15) is 13.3 Å². The van der Waals surface area contributed by atoms with Crippen LogP contribution in [-0.2, 0) is 0 Å². The van der Waals surface area contributed by atoms with Gasteiger partial charge in [-0.3, -0.25) is 10.1 Å². The summed E-state index contributed by atoms with van der Waals surface area (Å²) in [6.45, 7) is 2.90. The average molecular weight is 224 g/mol. The maximum Gasteiger partial charge on any atom is 0.274 e. The standard InChI is InChI=1S/C11H13FN2O2/c1-7-2-8(7)6-13-10-3-9(12)4-11(5-10)14(15)16/h3-5,7-8,13H,2,6H2,1H3. The van der Waals surface area contributed by atoms with E-state index in [1.165, 1.54) is 18.6 Å². The van der Waals surface area contributed by atoms with Gasteiger partial charge in [-0.2, -0.15) is 0 Å². The van der Waals surface area contributed by atoms with Crippen LogP contribution in [-0.4, -0.2) is 11.5 Å². The summed E-state index contributed by atoms with van der Waals surface area (Å²) in [5.41, 5.74) is 0.261. The fourth-order valence-corrected chi connectivity index (χ4v) is 1.71. The number of halogens is 1. The molecule has 1 aliphatic rings. The third-order valence-electron chi connectivity index (χ3n) is 2.94. The molecule has 0 amide bonds. The number of hydrogen-bond acceptors (Lipinski definition) is 3. The number of nitrogens with zero attached hydrogens (tertiary/aromatic N) is 1. The second-order valence-corrected chi connectivity index (χ2v) is 4.31. The van der Waals surface area contributed by atoms with Gasteiger partial charge >= 0.3 is 0 Å². The first-order chi connectivity index (χ1) is 7.56. The van der Waals surface area contributed by atoms with Gasteiger partial charge in [-0.1, -0.05) is 6.92 Å². The van der Waals surface area contributed by atoms with E-state index in [-0.39, 0.29) is 5.69 Å². The van der Waals surface area contributed by atoms with Crippen LogP contribution < -0.4 is 5.32 Å². The molecule has 2 atom stereocenters. The van der Waals surface area contributed by atoms with Gasteiger partial charge in [0.2, 0.25) is 0 Å². The van der Waals surface area contributed by atoms with Crippen LogP contribution in [0.15, 0.2) is 18.2 Å². The van der Waals surface area contributed by atoms with Crippen LogP contribution in [0.2, 0.25) is 0 Å². The zero-order chi connectivity index (χ0) is 11.7. The minimum absolute atomic E-state index is 0.216. The molecule has 0 spiro atoms. The van der Waals surface area contributed by atoms with Gasteiger partial charge in [0.1, 0.15) is 5.82 Å². The molecule has 5 heteroatoms. The predicted molar refractivity (Wildman–Crippen MR) is 58.8 cm³/mol. The molecule has 0 heterocycles. The van der Waals surface area contributed by atoms with E-state index < -0.39 is 10.7 Å². The number of benzene rings is 1. The monoisotopic (exact) mass is 224 g/mol. The molecule has 0 aromatic heterocycles. The van der Waals surface area contributed by atoms with Crippen molar-refractivity contribution in [2.24, 2.45) is 11.8 Å². The molecule has 4 nitrogen and oxygen atoms in total. The molecule has 1 aliphatic carbocycles. The minimum Gasteiger partial charge on any atom is -0.384 e. The highest BCUT2D eigenvalue weighted by atomic mass is 19.1. The van der Waals surface area contributed by atoms with Crippen LogP contribution >= 0.6 is 0 Å². The van der Waals surface area contributed by atoms with Gasteiger partial charge in [-0.15, -0.1) is 0 Å². The maximum absolute atomic E-state index is 13.1. The molecule has 0 saturated heterocycles. The molecule has 1 N–H and O–H groups in total. The van der Waals surface area contributed by atoms with Crippen LogP contribution in [0.5, 0.6) is 0 Å². The molecule has 0 radical (unpaired) electrons. The fourth-order valence-electron chi connectivity index (χ4n) is 1.71. The molecule has 1 aromatic rings. The summed E-state index contributed by atoms with van der Waals surface area (Å²) in [6, 6.07) is 3.56. The summed E-state index contributed by atoms with van der Waals surface area (Å²) < 4.78 is 13.1. The SMILES string of the molecule is CC1CC1CNc1cc(F)cc([N+](=O)[O-])c1. The zero-order valence-electron chi connectivity index (χ0n) is 8.94. The zero-order valence-corrected chi connectivity index (χ0v) is 8.94. The fraction of sp³-hybridized carbons (Fsp3) is 0.455. The third kappa shape index (κ3) is 2.48. The van der Waals surface area contributed by atoms with E-state index in [9.17, 15) is 14.5 Å². The van der Waals surface area contributed by atoms with Crippen LogP contribution in [0, 0.1) is 27.8 Å². The molecule has 1 fully saturated rings. The topological polar surface area (TPSA) is 55.2 Å². The van der Waals surface area contributed by atoms with Crippen molar-refractivity contribution in [3.05, 3.63) is 34.1 Å². The van der Waals surface area contributed by atoms with Crippen LogP contribution in [0.3, 0.4) is 0 Å². The highest BCUT2D eigenvalue weighted by Gasteiger charge is 2.31. The van der Waals surface area contributed by atoms with Crippen molar-refractivity contribution in [2.75, 3.05) is 11.9 Å². The predicted octanol–water partition coefficient (Wildman–Crippen LogP) is 2.80. The summed E-state index contributed by atoms with van der Waals surface area (Å²) in [6.07, 6.45) is 1.17. The molecule has 86 valence electrons. The minimum atomic E-state index is -0.589. The van der Waals surface area contributed by atoms with Crippen molar-refractivity contribution in [3.8, 4) is 0 Å². The van der Waals surface area contributed by atoms with Gasteiger partial charge in [0, 0.05) is 18.3 Å². The Morgan fingerprint density at radius 3 is 2.81 bits per heavy atom. The molecular weight excluding hydrogens is 211 g/mol. The summed E-state index contributed by atoms with van der Waals surface area (Å²) in [5, 5.41) is 13.5. The second-order valence-electron chi connectivity index (χ2n) is 4.31. The van der Waals surface area contributed by atoms with Crippen molar-refractivity contribution in [1.29, 1.82) is 0 Å². The van der Waals surface area contributed by atoms with Crippen molar-refractivity contribution in [2.45, 2.75) is 13.3 Å². The Kier molecular flexibility index (Phi) is 2.77. The highest BCUT2D eigenvalue weighted by Crippen LogP contribution is 2.37. The molecular formula is C11H13FN2O2. The quantitative estimate of drug-likeness (QED) is 0.632. The molecule has 0 bridgehead atoms. The number of anilines is 1. The number of non-ortho nitro benzene ring substituents is 1. The third-order valence-corrected chi connectivity index (χ3v) is 2.94. The first-order valence-electron chi connectivity index (χ1n) is 5.25. The number of nitro groups is 1. The number of nitro benzene ring substituents is 1. The molecule has 0 aliphatic heterocycles. The van der Waals surface area contributed by atoms with E-state index in [0.29, 0.717) is 17.5 Å². The van der Waals surface area contributed by atoms with Gasteiger partial charge in [0.15, 0.2) is 0 Å². The Balaban J connectivity index is 2.05. The molecule has 1 aromatic carbocycles. The molecule has 16 heavy (non-hydrogen) atoms. The van der Waals surface area contributed by atoms with Gasteiger partial charge in [0.05, 0.1) is 11.0 Å². The summed E-state index contributed by atoms with van der Waals surface area (Å²) in [4.78, 5) is 9.93. The Morgan fingerprint density at radius 2 is 2.25 bits per heavy atom. The Labute approximate surface area is 92.6 Å². The Hall–Kier alpha value is -1.65. The summed E-state index contributed by atoms with van der Waals surface area (Å²) in [5.74, 6) is 0.735. The Morgan fingerprint density at radius 1 is 1.56 bits per heavy atom. The van der Waals surface area contributed by atoms with E-state index in [2.05, 4.69) is 12.2 Å². The number of rotatable bonds is 4. The Bertz CT molecular complexity index is 422. The van der Waals surface area contributed by atoms with Gasteiger partial charge < -0.3 is 5.32 Å². The van der Waals surface area contributed by atoms with Crippen molar-refractivity contribution < 1.29 is 9.31 Å². The highest BCUT2D eigenvalue weighted by molar-refractivity contribution is 5.51. The van der Waals surface area contributed by atoms with Crippen molar-refractivity contribution >= 4 is 11.4 Å². The lowest BCUT2D eigenvalue weighted by Gasteiger charge is -2.05. The lowest BCUT2D eigenvalue weighted by molar-refractivity contribution is -0.385. The van der Waals surface area contributed by atoms with Gasteiger partial charge in [0.25, 0.3) is 5.69 Å². The smallest absolute Gasteiger partial charge is 0.274 e. The first-order valence-corrected chi connectivity index (χ1v) is 5.25. The average Bonchev–Trinajstić information content (AvgIpc) is 2.91. The largest absolute Gasteiger partial charge is 0.384 e. The second kappa shape index (κ2) is 4.08. The van der Waals surface area contributed by atoms with Crippen LogP contribution in [0.4, 0.5) is 15.8 Å². The van der Waals surface area contributed by atoms with Crippen molar-refractivity contribution in [1.82, 2.24) is 0 Å². The lowest BCUT2D eigenvalue weighted by atomic mass is 10.2. The van der Waals surface area contributed by atoms with E-state index >= 15 is 0 Å². The van der Waals surface area contributed by atoms with E-state index in [1.54, 1.807) is 0 Å². The van der Waals surface area contributed by atoms with Gasteiger partial charge in [-0.05, 0) is 24.3 Å². The maximum atomic E-state index is 13.1.